The highest BCUT2D eigenvalue weighted by molar-refractivity contribution is 7.22. The number of aromatic nitrogens is 1. The first-order valence-electron chi connectivity index (χ1n) is 22.7. The number of azo groups is 1. The number of rotatable bonds is 20. The highest BCUT2D eigenvalue weighted by Crippen LogP contribution is 2.39. The molecule has 7 rings (SSSR count). The van der Waals surface area contributed by atoms with Crippen LogP contribution in [0.5, 0.6) is 28.7 Å². The summed E-state index contributed by atoms with van der Waals surface area (Å²) in [7, 11) is 0. The second-order valence-corrected chi connectivity index (χ2v) is 17.3. The second kappa shape index (κ2) is 24.9. The van der Waals surface area contributed by atoms with Gasteiger partial charge < -0.3 is 37.9 Å². The zero-order chi connectivity index (χ0) is 50.1. The first-order chi connectivity index (χ1) is 34.5. The number of hydrogen-bond acceptors (Lipinski definition) is 19. The van der Waals surface area contributed by atoms with Crippen LogP contribution in [0, 0.1) is 35.0 Å². The molecule has 0 amide bonds. The van der Waals surface area contributed by atoms with Gasteiger partial charge in [-0.3, -0.25) is 19.2 Å². The average molecular weight is 985 g/mol. The Morgan fingerprint density at radius 3 is 1.54 bits per heavy atom. The molecule has 0 N–H and O–H groups in total. The molecule has 0 aliphatic heterocycles. The number of fused-ring (bicyclic) bond motifs is 1. The van der Waals surface area contributed by atoms with Crippen molar-refractivity contribution in [2.75, 3.05) is 20.2 Å². The second-order valence-electron chi connectivity index (χ2n) is 16.3. The topological polar surface area (TPSA) is 238 Å². The van der Waals surface area contributed by atoms with Crippen molar-refractivity contribution in [1.29, 1.82) is 5.26 Å². The van der Waals surface area contributed by atoms with Gasteiger partial charge in [0, 0.05) is 18.6 Å². The van der Waals surface area contributed by atoms with Crippen LogP contribution >= 0.6 is 11.3 Å². The standard InChI is InChI=1S/C52H48N4O14S/c1-3-44(57)66-30-64-39-18-22-41(23-19-39)68-49(60)35-9-7-34(8-10-35)48(59)63-28-27-33-15-26-43(46-47(33)71-52(54-46)56-55-38-16-5-32(29-53)6-17-38)70-51(62)37-13-11-36(12-14-37)50(61)69-42-24-20-40(21-25-42)65-31-67-45(58)4-2/h3-6,15-26,34-37H,1-2,7-14,27-28,30-31H2. The summed E-state index contributed by atoms with van der Waals surface area (Å²) in [5.41, 5.74) is 2.14. The van der Waals surface area contributed by atoms with Crippen LogP contribution in [0.3, 0.4) is 0 Å². The predicted octanol–water partition coefficient (Wildman–Crippen LogP) is 9.53. The van der Waals surface area contributed by atoms with Gasteiger partial charge in [-0.15, -0.1) is 10.2 Å². The predicted molar refractivity (Wildman–Crippen MR) is 254 cm³/mol. The van der Waals surface area contributed by atoms with Gasteiger partial charge in [-0.05, 0) is 136 Å². The van der Waals surface area contributed by atoms with Gasteiger partial charge in [0.15, 0.2) is 5.75 Å². The van der Waals surface area contributed by atoms with Crippen molar-refractivity contribution in [3.05, 3.63) is 121 Å². The minimum Gasteiger partial charge on any atom is -0.465 e. The maximum atomic E-state index is 13.6. The molecular formula is C52H48N4O14S. The number of hydrogen-bond donors (Lipinski definition) is 0. The molecule has 5 aromatic rings. The Hall–Kier alpha value is -8.24. The lowest BCUT2D eigenvalue weighted by atomic mass is 9.82. The van der Waals surface area contributed by atoms with E-state index >= 15 is 0 Å². The third-order valence-corrected chi connectivity index (χ3v) is 12.7. The Bertz CT molecular complexity index is 2800. The van der Waals surface area contributed by atoms with E-state index in [4.69, 9.17) is 43.2 Å². The maximum absolute atomic E-state index is 13.6. The lowest BCUT2D eigenvalue weighted by molar-refractivity contribution is -0.152. The molecule has 2 aliphatic rings. The van der Waals surface area contributed by atoms with Gasteiger partial charge in [0.05, 0.1) is 52.3 Å². The normalized spacial score (nSPS) is 17.5. The van der Waals surface area contributed by atoms with E-state index in [1.54, 1.807) is 84.9 Å². The third-order valence-electron chi connectivity index (χ3n) is 11.7. The van der Waals surface area contributed by atoms with Crippen molar-refractivity contribution >= 4 is 68.2 Å². The van der Waals surface area contributed by atoms with Crippen LogP contribution < -0.4 is 23.7 Å². The summed E-state index contributed by atoms with van der Waals surface area (Å²) in [5.74, 6) is -2.82. The number of nitrogens with zero attached hydrogens (tertiary/aromatic N) is 4. The quantitative estimate of drug-likeness (QED) is 0.0176. The first kappa shape index (κ1) is 50.6. The first-order valence-corrected chi connectivity index (χ1v) is 23.5. The summed E-state index contributed by atoms with van der Waals surface area (Å²) < 4.78 is 43.8. The number of esters is 6. The smallest absolute Gasteiger partial charge is 0.333 e. The van der Waals surface area contributed by atoms with E-state index in [1.807, 2.05) is 0 Å². The molecule has 366 valence electrons. The molecule has 0 spiro atoms. The average Bonchev–Trinajstić information content (AvgIpc) is 3.84. The summed E-state index contributed by atoms with van der Waals surface area (Å²) in [6.07, 6.45) is 5.83. The van der Waals surface area contributed by atoms with Gasteiger partial charge in [0.2, 0.25) is 18.7 Å². The Morgan fingerprint density at radius 2 is 1.06 bits per heavy atom. The lowest BCUT2D eigenvalue weighted by Crippen LogP contribution is -2.30. The summed E-state index contributed by atoms with van der Waals surface area (Å²) in [5, 5.41) is 18.1. The van der Waals surface area contributed by atoms with E-state index in [0.717, 1.165) is 17.7 Å². The minimum absolute atomic E-state index is 0.0614. The molecule has 4 aromatic carbocycles. The summed E-state index contributed by atoms with van der Waals surface area (Å²) in [4.78, 5) is 79.9. The largest absolute Gasteiger partial charge is 0.465 e. The van der Waals surface area contributed by atoms with Gasteiger partial charge >= 0.3 is 35.8 Å². The Morgan fingerprint density at radius 1 is 0.592 bits per heavy atom. The van der Waals surface area contributed by atoms with Crippen molar-refractivity contribution in [2.45, 2.75) is 57.8 Å². The number of carbonyl (C=O) groups excluding carboxylic acids is 6. The van der Waals surface area contributed by atoms with E-state index < -0.39 is 41.7 Å². The fourth-order valence-electron chi connectivity index (χ4n) is 7.79. The fraction of sp³-hybridized carbons (Fsp3) is 0.308. The molecule has 19 heteroatoms. The van der Waals surface area contributed by atoms with Crippen molar-refractivity contribution in [1.82, 2.24) is 4.98 Å². The number of carbonyl (C=O) groups is 6. The van der Waals surface area contributed by atoms with Gasteiger partial charge in [-0.2, -0.15) is 5.26 Å². The van der Waals surface area contributed by atoms with Crippen LogP contribution in [-0.2, 0) is 49.4 Å². The summed E-state index contributed by atoms with van der Waals surface area (Å²) in [6, 6.07) is 24.7. The molecule has 71 heavy (non-hydrogen) atoms. The van der Waals surface area contributed by atoms with E-state index in [2.05, 4.69) is 34.4 Å². The molecule has 1 aromatic heterocycles. The Balaban J connectivity index is 0.913. The Kier molecular flexibility index (Phi) is 17.7. The van der Waals surface area contributed by atoms with E-state index in [9.17, 15) is 28.8 Å². The molecule has 2 aliphatic carbocycles. The van der Waals surface area contributed by atoms with Crippen LogP contribution in [0.15, 0.2) is 120 Å². The lowest BCUT2D eigenvalue weighted by Gasteiger charge is -2.26. The number of benzene rings is 4. The molecule has 0 bridgehead atoms. The summed E-state index contributed by atoms with van der Waals surface area (Å²) in [6.45, 7) is 6.11. The van der Waals surface area contributed by atoms with Crippen LogP contribution in [0.1, 0.15) is 62.5 Å². The van der Waals surface area contributed by atoms with E-state index in [1.165, 1.54) is 11.3 Å². The molecule has 2 fully saturated rings. The minimum atomic E-state index is -0.617. The molecule has 1 heterocycles. The molecule has 2 saturated carbocycles. The molecule has 0 saturated heterocycles. The number of thiazole rings is 1. The number of ether oxygens (including phenoxy) is 8. The Labute approximate surface area is 411 Å². The van der Waals surface area contributed by atoms with E-state index in [0.29, 0.717) is 102 Å². The maximum Gasteiger partial charge on any atom is 0.333 e. The van der Waals surface area contributed by atoms with Crippen molar-refractivity contribution in [2.24, 2.45) is 33.9 Å². The molecule has 0 atom stereocenters. The highest BCUT2D eigenvalue weighted by atomic mass is 32.1. The molecule has 0 radical (unpaired) electrons. The molecule has 0 unspecified atom stereocenters. The van der Waals surface area contributed by atoms with E-state index in [-0.39, 0.29) is 48.9 Å². The molecular weight excluding hydrogens is 937 g/mol. The van der Waals surface area contributed by atoms with Crippen molar-refractivity contribution < 1.29 is 66.7 Å². The third kappa shape index (κ3) is 14.4. The zero-order valence-corrected chi connectivity index (χ0v) is 39.2. The van der Waals surface area contributed by atoms with Gasteiger partial charge in [-0.25, -0.2) is 14.6 Å². The zero-order valence-electron chi connectivity index (χ0n) is 38.4. The van der Waals surface area contributed by atoms with Crippen LogP contribution in [0.4, 0.5) is 10.8 Å². The van der Waals surface area contributed by atoms with Crippen LogP contribution in [0.25, 0.3) is 10.2 Å². The SMILES string of the molecule is C=CC(=O)OCOc1ccc(OC(=O)C2CCC(C(=O)OCCc3ccc(OC(=O)C4CCC(C(=O)Oc5ccc(OCOC(=O)C=C)cc5)CC4)c4nc(N=Nc5ccc(C#N)cc5)sc34)CC2)cc1. The van der Waals surface area contributed by atoms with Crippen LogP contribution in [-0.4, -0.2) is 61.0 Å². The highest BCUT2D eigenvalue weighted by Gasteiger charge is 2.34. The number of nitriles is 1. The van der Waals surface area contributed by atoms with Crippen LogP contribution in [0.2, 0.25) is 0 Å². The van der Waals surface area contributed by atoms with Gasteiger partial charge in [0.1, 0.15) is 28.5 Å². The van der Waals surface area contributed by atoms with Crippen molar-refractivity contribution in [3.8, 4) is 34.8 Å². The van der Waals surface area contributed by atoms with Gasteiger partial charge in [-0.1, -0.05) is 30.6 Å². The molecule has 18 nitrogen and oxygen atoms in total. The van der Waals surface area contributed by atoms with Crippen molar-refractivity contribution in [3.63, 3.8) is 0 Å². The fourth-order valence-corrected chi connectivity index (χ4v) is 8.73. The summed E-state index contributed by atoms with van der Waals surface area (Å²) >= 11 is 1.23. The van der Waals surface area contributed by atoms with Gasteiger partial charge in [0.25, 0.3) is 0 Å². The monoisotopic (exact) mass is 984 g/mol.